The van der Waals surface area contributed by atoms with Crippen LogP contribution in [0.25, 0.3) is 11.0 Å². The molecule has 0 bridgehead atoms. The number of hydrogen-bond acceptors (Lipinski definition) is 6. The molecule has 0 radical (unpaired) electrons. The average Bonchev–Trinajstić information content (AvgIpc) is 2.54. The molecule has 1 fully saturated rings. The Hall–Kier alpha value is -2.64. The number of amides is 1. The van der Waals surface area contributed by atoms with Crippen LogP contribution in [0.1, 0.15) is 12.8 Å². The van der Waals surface area contributed by atoms with Gasteiger partial charge in [-0.15, -0.1) is 0 Å². The standard InChI is InChI=1S/C14H17N5O3/c1-22-11-8-16-10-2-5-15-13(12(10)18-11)19-6-3-9(4-7-19)17-14(20)21/h2,5,8-9,17H,3-4,6-7H2,1H3,(H,20,21). The Morgan fingerprint density at radius 2 is 2.18 bits per heavy atom. The predicted octanol–water partition coefficient (Wildman–Crippen LogP) is 1.27. The quantitative estimate of drug-likeness (QED) is 0.880. The summed E-state index contributed by atoms with van der Waals surface area (Å²) in [7, 11) is 1.55. The van der Waals surface area contributed by atoms with Gasteiger partial charge in [-0.3, -0.25) is 0 Å². The minimum Gasteiger partial charge on any atom is -0.480 e. The third-order valence-corrected chi connectivity index (χ3v) is 3.75. The minimum absolute atomic E-state index is 0.00986. The lowest BCUT2D eigenvalue weighted by molar-refractivity contribution is 0.187. The van der Waals surface area contributed by atoms with Gasteiger partial charge < -0.3 is 20.1 Å². The third-order valence-electron chi connectivity index (χ3n) is 3.75. The summed E-state index contributed by atoms with van der Waals surface area (Å²) in [5.74, 6) is 1.21. The Balaban J connectivity index is 1.83. The fourth-order valence-corrected chi connectivity index (χ4v) is 2.65. The van der Waals surface area contributed by atoms with E-state index in [0.29, 0.717) is 11.4 Å². The zero-order valence-electron chi connectivity index (χ0n) is 12.2. The van der Waals surface area contributed by atoms with Crippen LogP contribution in [0.2, 0.25) is 0 Å². The van der Waals surface area contributed by atoms with Crippen LogP contribution in [0.4, 0.5) is 10.6 Å². The molecule has 8 heteroatoms. The molecule has 1 aliphatic heterocycles. The van der Waals surface area contributed by atoms with Gasteiger partial charge in [-0.2, -0.15) is 0 Å². The molecule has 8 nitrogen and oxygen atoms in total. The number of anilines is 1. The van der Waals surface area contributed by atoms with Crippen molar-refractivity contribution in [3.8, 4) is 5.88 Å². The molecule has 0 atom stereocenters. The van der Waals surface area contributed by atoms with E-state index in [-0.39, 0.29) is 6.04 Å². The number of ether oxygens (including phenoxy) is 1. The molecular weight excluding hydrogens is 286 g/mol. The maximum absolute atomic E-state index is 10.7. The van der Waals surface area contributed by atoms with Crippen molar-refractivity contribution in [2.75, 3.05) is 25.1 Å². The second-order valence-electron chi connectivity index (χ2n) is 5.13. The molecule has 2 N–H and O–H groups in total. The van der Waals surface area contributed by atoms with Gasteiger partial charge in [-0.25, -0.2) is 19.7 Å². The minimum atomic E-state index is -0.975. The first-order valence-corrected chi connectivity index (χ1v) is 7.07. The topological polar surface area (TPSA) is 100 Å². The molecule has 116 valence electrons. The highest BCUT2D eigenvalue weighted by Crippen LogP contribution is 2.25. The number of hydrogen-bond donors (Lipinski definition) is 2. The maximum atomic E-state index is 10.7. The molecule has 0 aromatic carbocycles. The van der Waals surface area contributed by atoms with Crippen molar-refractivity contribution in [2.24, 2.45) is 0 Å². The first-order chi connectivity index (χ1) is 10.7. The molecule has 22 heavy (non-hydrogen) atoms. The Morgan fingerprint density at radius 3 is 2.86 bits per heavy atom. The van der Waals surface area contributed by atoms with E-state index in [1.807, 2.05) is 6.07 Å². The van der Waals surface area contributed by atoms with Crippen LogP contribution in [-0.4, -0.2) is 52.4 Å². The van der Waals surface area contributed by atoms with Crippen molar-refractivity contribution in [1.29, 1.82) is 0 Å². The summed E-state index contributed by atoms with van der Waals surface area (Å²) in [6.07, 6.45) is 3.79. The highest BCUT2D eigenvalue weighted by molar-refractivity contribution is 5.85. The first-order valence-electron chi connectivity index (χ1n) is 7.07. The number of nitrogens with zero attached hydrogens (tertiary/aromatic N) is 4. The van der Waals surface area contributed by atoms with Gasteiger partial charge in [0.2, 0.25) is 5.88 Å². The van der Waals surface area contributed by atoms with E-state index >= 15 is 0 Å². The van der Waals surface area contributed by atoms with Gasteiger partial charge in [0, 0.05) is 25.3 Å². The molecule has 1 saturated heterocycles. The third kappa shape index (κ3) is 2.85. The van der Waals surface area contributed by atoms with E-state index in [2.05, 4.69) is 25.2 Å². The van der Waals surface area contributed by atoms with Gasteiger partial charge >= 0.3 is 6.09 Å². The number of pyridine rings is 1. The number of piperidine rings is 1. The van der Waals surface area contributed by atoms with Crippen molar-refractivity contribution in [3.05, 3.63) is 18.5 Å². The maximum Gasteiger partial charge on any atom is 0.404 e. The van der Waals surface area contributed by atoms with Gasteiger partial charge in [-0.1, -0.05) is 0 Å². The zero-order valence-corrected chi connectivity index (χ0v) is 12.2. The van der Waals surface area contributed by atoms with E-state index in [9.17, 15) is 4.79 Å². The molecule has 0 aliphatic carbocycles. The van der Waals surface area contributed by atoms with Gasteiger partial charge in [0.1, 0.15) is 5.52 Å². The number of rotatable bonds is 3. The molecule has 0 unspecified atom stereocenters. The van der Waals surface area contributed by atoms with E-state index < -0.39 is 6.09 Å². The summed E-state index contributed by atoms with van der Waals surface area (Å²) in [4.78, 5) is 26.0. The molecule has 2 aromatic heterocycles. The summed E-state index contributed by atoms with van der Waals surface area (Å²) < 4.78 is 5.13. The van der Waals surface area contributed by atoms with Crippen LogP contribution in [-0.2, 0) is 0 Å². The summed E-state index contributed by atoms with van der Waals surface area (Å²) in [5, 5.41) is 11.3. The Kier molecular flexibility index (Phi) is 3.90. The molecule has 2 aromatic rings. The van der Waals surface area contributed by atoms with Crippen LogP contribution in [0.15, 0.2) is 18.5 Å². The van der Waals surface area contributed by atoms with Crippen molar-refractivity contribution in [2.45, 2.75) is 18.9 Å². The molecule has 0 spiro atoms. The van der Waals surface area contributed by atoms with E-state index in [0.717, 1.165) is 37.3 Å². The smallest absolute Gasteiger partial charge is 0.404 e. The lowest BCUT2D eigenvalue weighted by Crippen LogP contribution is -2.44. The number of aromatic nitrogens is 3. The van der Waals surface area contributed by atoms with Crippen molar-refractivity contribution in [1.82, 2.24) is 20.3 Å². The first kappa shape index (κ1) is 14.3. The number of carbonyl (C=O) groups is 1. The van der Waals surface area contributed by atoms with Crippen LogP contribution in [0, 0.1) is 0 Å². The van der Waals surface area contributed by atoms with Gasteiger partial charge in [0.15, 0.2) is 5.82 Å². The summed E-state index contributed by atoms with van der Waals surface area (Å²) in [6, 6.07) is 1.80. The number of carboxylic acid groups (broad SMARTS) is 1. The number of methoxy groups -OCH3 is 1. The summed E-state index contributed by atoms with van der Waals surface area (Å²) in [6.45, 7) is 1.44. The Morgan fingerprint density at radius 1 is 1.41 bits per heavy atom. The summed E-state index contributed by atoms with van der Waals surface area (Å²) >= 11 is 0. The largest absolute Gasteiger partial charge is 0.480 e. The van der Waals surface area contributed by atoms with Crippen LogP contribution >= 0.6 is 0 Å². The highest BCUT2D eigenvalue weighted by Gasteiger charge is 2.23. The second-order valence-corrected chi connectivity index (χ2v) is 5.13. The van der Waals surface area contributed by atoms with Crippen LogP contribution < -0.4 is 15.0 Å². The normalized spacial score (nSPS) is 15.8. The number of nitrogens with one attached hydrogen (secondary N) is 1. The molecule has 0 saturated carbocycles. The molecular formula is C14H17N5O3. The number of fused-ring (bicyclic) bond motifs is 1. The second kappa shape index (κ2) is 6.00. The van der Waals surface area contributed by atoms with Crippen LogP contribution in [0.5, 0.6) is 5.88 Å². The SMILES string of the molecule is COc1cnc2ccnc(N3CCC(NC(=O)O)CC3)c2n1. The van der Waals surface area contributed by atoms with Crippen LogP contribution in [0.3, 0.4) is 0 Å². The molecule has 1 aliphatic rings. The van der Waals surface area contributed by atoms with Gasteiger partial charge in [-0.05, 0) is 18.9 Å². The summed E-state index contributed by atoms with van der Waals surface area (Å²) in [5.41, 5.74) is 1.46. The van der Waals surface area contributed by atoms with Crippen molar-refractivity contribution in [3.63, 3.8) is 0 Å². The monoisotopic (exact) mass is 303 g/mol. The van der Waals surface area contributed by atoms with Gasteiger partial charge in [0.25, 0.3) is 0 Å². The zero-order chi connectivity index (χ0) is 15.5. The lowest BCUT2D eigenvalue weighted by Gasteiger charge is -2.32. The fraction of sp³-hybridized carbons (Fsp3) is 0.429. The molecule has 3 heterocycles. The van der Waals surface area contributed by atoms with Crippen molar-refractivity contribution >= 4 is 22.9 Å². The van der Waals surface area contributed by atoms with E-state index in [4.69, 9.17) is 9.84 Å². The highest BCUT2D eigenvalue weighted by atomic mass is 16.5. The van der Waals surface area contributed by atoms with Crippen molar-refractivity contribution < 1.29 is 14.6 Å². The molecule has 3 rings (SSSR count). The van der Waals surface area contributed by atoms with E-state index in [1.54, 1.807) is 19.5 Å². The van der Waals surface area contributed by atoms with Gasteiger partial charge in [0.05, 0.1) is 18.8 Å². The Labute approximate surface area is 127 Å². The fourth-order valence-electron chi connectivity index (χ4n) is 2.65. The Bertz CT molecular complexity index is 685. The lowest BCUT2D eigenvalue weighted by atomic mass is 10.1. The predicted molar refractivity (Wildman–Crippen MR) is 80.3 cm³/mol. The average molecular weight is 303 g/mol. The van der Waals surface area contributed by atoms with E-state index in [1.165, 1.54) is 0 Å². The molecule has 1 amide bonds.